The summed E-state index contributed by atoms with van der Waals surface area (Å²) in [6.07, 6.45) is 0. The molecule has 0 radical (unpaired) electrons. The molecule has 21 heavy (non-hydrogen) atoms. The molecule has 0 spiro atoms. The Morgan fingerprint density at radius 2 is 1.90 bits per heavy atom. The number of rotatable bonds is 6. The second-order valence-corrected chi connectivity index (χ2v) is 4.01. The van der Waals surface area contributed by atoms with Gasteiger partial charge in [0.05, 0.1) is 26.4 Å². The second kappa shape index (κ2) is 6.74. The van der Waals surface area contributed by atoms with Crippen LogP contribution in [0.1, 0.15) is 6.92 Å². The number of hydrogen-bond donors (Lipinski definition) is 1. The first-order chi connectivity index (χ1) is 10.2. The van der Waals surface area contributed by atoms with E-state index in [1.807, 2.05) is 19.1 Å². The number of nitrogens with one attached hydrogen (secondary N) is 1. The molecule has 0 saturated heterocycles. The first-order valence-electron chi connectivity index (χ1n) is 6.50. The monoisotopic (exact) mass is 290 g/mol. The van der Waals surface area contributed by atoms with E-state index in [9.17, 15) is 0 Å². The van der Waals surface area contributed by atoms with Crippen molar-refractivity contribution in [3.63, 3.8) is 0 Å². The highest BCUT2D eigenvalue weighted by molar-refractivity contribution is 5.67. The molecule has 112 valence electrons. The van der Waals surface area contributed by atoms with Gasteiger partial charge in [-0.25, -0.2) is 0 Å². The number of aromatic nitrogens is 3. The van der Waals surface area contributed by atoms with Gasteiger partial charge in [-0.05, 0) is 25.1 Å². The predicted octanol–water partition coefficient (Wildman–Crippen LogP) is 2.00. The first-order valence-corrected chi connectivity index (χ1v) is 6.50. The Morgan fingerprint density at radius 3 is 2.52 bits per heavy atom. The summed E-state index contributed by atoms with van der Waals surface area (Å²) in [6.45, 7) is 2.34. The van der Waals surface area contributed by atoms with Crippen molar-refractivity contribution in [1.82, 2.24) is 15.0 Å². The fourth-order valence-electron chi connectivity index (χ4n) is 1.77. The van der Waals surface area contributed by atoms with E-state index < -0.39 is 0 Å². The summed E-state index contributed by atoms with van der Waals surface area (Å²) in [5.41, 5.74) is 0.705. The number of benzene rings is 1. The van der Waals surface area contributed by atoms with E-state index >= 15 is 0 Å². The lowest BCUT2D eigenvalue weighted by Crippen LogP contribution is -2.05. The van der Waals surface area contributed by atoms with Crippen LogP contribution in [0.4, 0.5) is 5.95 Å². The Morgan fingerprint density at radius 1 is 1.10 bits per heavy atom. The van der Waals surface area contributed by atoms with Gasteiger partial charge in [0.25, 0.3) is 0 Å². The average molecular weight is 290 g/mol. The Labute approximate surface area is 123 Å². The van der Waals surface area contributed by atoms with E-state index in [1.54, 1.807) is 27.3 Å². The fraction of sp³-hybridized carbons (Fsp3) is 0.357. The quantitative estimate of drug-likeness (QED) is 0.871. The largest absolute Gasteiger partial charge is 0.497 e. The van der Waals surface area contributed by atoms with Gasteiger partial charge in [-0.3, -0.25) is 0 Å². The van der Waals surface area contributed by atoms with Crippen LogP contribution in [0, 0.1) is 0 Å². The van der Waals surface area contributed by atoms with Crippen LogP contribution in [-0.2, 0) is 0 Å². The van der Waals surface area contributed by atoms with Gasteiger partial charge in [-0.15, -0.1) is 0 Å². The van der Waals surface area contributed by atoms with E-state index in [-0.39, 0.29) is 6.01 Å². The highest BCUT2D eigenvalue weighted by Crippen LogP contribution is 2.32. The summed E-state index contributed by atoms with van der Waals surface area (Å²) in [6, 6.07) is 5.68. The minimum Gasteiger partial charge on any atom is -0.497 e. The normalized spacial score (nSPS) is 10.1. The third-order valence-corrected chi connectivity index (χ3v) is 2.76. The van der Waals surface area contributed by atoms with Crippen molar-refractivity contribution in [2.75, 3.05) is 33.2 Å². The summed E-state index contributed by atoms with van der Waals surface area (Å²) in [5.74, 6) is 2.21. The molecule has 2 rings (SSSR count). The molecular weight excluding hydrogens is 272 g/mol. The second-order valence-electron chi connectivity index (χ2n) is 4.01. The zero-order chi connectivity index (χ0) is 15.2. The van der Waals surface area contributed by atoms with Gasteiger partial charge in [0.2, 0.25) is 5.95 Å². The van der Waals surface area contributed by atoms with E-state index in [1.165, 1.54) is 0 Å². The number of methoxy groups -OCH3 is 2. The molecule has 0 aliphatic carbocycles. The smallest absolute Gasteiger partial charge is 0.321 e. The molecule has 0 aliphatic heterocycles. The number of hydrogen-bond acceptors (Lipinski definition) is 7. The van der Waals surface area contributed by atoms with Crippen LogP contribution in [-0.4, -0.2) is 42.8 Å². The van der Waals surface area contributed by atoms with Crippen LogP contribution in [0.25, 0.3) is 11.4 Å². The van der Waals surface area contributed by atoms with Gasteiger partial charge in [0, 0.05) is 7.05 Å². The number of ether oxygens (including phenoxy) is 3. The fourth-order valence-corrected chi connectivity index (χ4v) is 1.77. The van der Waals surface area contributed by atoms with Crippen molar-refractivity contribution < 1.29 is 14.2 Å². The van der Waals surface area contributed by atoms with Gasteiger partial charge < -0.3 is 19.5 Å². The standard InChI is InChI=1S/C14H18N4O3/c1-5-21-14-17-12(16-13(15-2)18-14)10-8-9(19-3)6-7-11(10)20-4/h6-8H,5H2,1-4H3,(H,15,16,17,18). The van der Waals surface area contributed by atoms with Crippen molar-refractivity contribution in [2.45, 2.75) is 6.92 Å². The van der Waals surface area contributed by atoms with Crippen molar-refractivity contribution in [2.24, 2.45) is 0 Å². The molecule has 0 unspecified atom stereocenters. The zero-order valence-corrected chi connectivity index (χ0v) is 12.5. The van der Waals surface area contributed by atoms with Crippen molar-refractivity contribution >= 4 is 5.95 Å². The third-order valence-electron chi connectivity index (χ3n) is 2.76. The molecule has 0 amide bonds. The van der Waals surface area contributed by atoms with Gasteiger partial charge in [-0.1, -0.05) is 0 Å². The summed E-state index contributed by atoms with van der Waals surface area (Å²) >= 11 is 0. The Bertz CT molecular complexity index is 619. The third kappa shape index (κ3) is 3.31. The molecular formula is C14H18N4O3. The van der Waals surface area contributed by atoms with Crippen LogP contribution in [0.2, 0.25) is 0 Å². The number of anilines is 1. The SMILES string of the molecule is CCOc1nc(NC)nc(-c2cc(OC)ccc2OC)n1. The van der Waals surface area contributed by atoms with Crippen molar-refractivity contribution in [1.29, 1.82) is 0 Å². The van der Waals surface area contributed by atoms with E-state index in [0.29, 0.717) is 35.4 Å². The first kappa shape index (κ1) is 14.8. The maximum Gasteiger partial charge on any atom is 0.321 e. The summed E-state index contributed by atoms with van der Waals surface area (Å²) in [7, 11) is 4.93. The lowest BCUT2D eigenvalue weighted by atomic mass is 10.1. The van der Waals surface area contributed by atoms with E-state index in [0.717, 1.165) is 0 Å². The summed E-state index contributed by atoms with van der Waals surface area (Å²) in [5, 5.41) is 2.89. The summed E-state index contributed by atoms with van der Waals surface area (Å²) < 4.78 is 16.0. The Hall–Kier alpha value is -2.57. The molecule has 0 fully saturated rings. The molecule has 1 aromatic heterocycles. The minimum atomic E-state index is 0.261. The highest BCUT2D eigenvalue weighted by Gasteiger charge is 2.14. The molecule has 1 N–H and O–H groups in total. The molecule has 7 heteroatoms. The molecule has 0 bridgehead atoms. The van der Waals surface area contributed by atoms with Gasteiger partial charge in [0.1, 0.15) is 11.5 Å². The minimum absolute atomic E-state index is 0.261. The van der Waals surface area contributed by atoms with Gasteiger partial charge in [0.15, 0.2) is 5.82 Å². The zero-order valence-electron chi connectivity index (χ0n) is 12.5. The van der Waals surface area contributed by atoms with Crippen LogP contribution in [0.15, 0.2) is 18.2 Å². The molecule has 0 atom stereocenters. The van der Waals surface area contributed by atoms with E-state index in [2.05, 4.69) is 20.3 Å². The van der Waals surface area contributed by atoms with Crippen LogP contribution in [0.3, 0.4) is 0 Å². The maximum atomic E-state index is 5.37. The molecule has 0 saturated carbocycles. The Balaban J connectivity index is 2.56. The topological polar surface area (TPSA) is 78.4 Å². The van der Waals surface area contributed by atoms with Crippen LogP contribution >= 0.6 is 0 Å². The Kier molecular flexibility index (Phi) is 4.76. The maximum absolute atomic E-state index is 5.37. The number of nitrogens with zero attached hydrogens (tertiary/aromatic N) is 3. The highest BCUT2D eigenvalue weighted by atomic mass is 16.5. The lowest BCUT2D eigenvalue weighted by Gasteiger charge is -2.11. The average Bonchev–Trinajstić information content (AvgIpc) is 2.54. The lowest BCUT2D eigenvalue weighted by molar-refractivity contribution is 0.312. The van der Waals surface area contributed by atoms with Crippen molar-refractivity contribution in [3.8, 4) is 28.9 Å². The molecule has 0 aliphatic rings. The summed E-state index contributed by atoms with van der Waals surface area (Å²) in [4.78, 5) is 12.8. The van der Waals surface area contributed by atoms with Crippen LogP contribution in [0.5, 0.6) is 17.5 Å². The van der Waals surface area contributed by atoms with E-state index in [4.69, 9.17) is 14.2 Å². The molecule has 1 heterocycles. The molecule has 2 aromatic rings. The predicted molar refractivity (Wildman–Crippen MR) is 79.1 cm³/mol. The van der Waals surface area contributed by atoms with Gasteiger partial charge >= 0.3 is 6.01 Å². The van der Waals surface area contributed by atoms with Crippen LogP contribution < -0.4 is 19.5 Å². The van der Waals surface area contributed by atoms with Gasteiger partial charge in [-0.2, -0.15) is 15.0 Å². The van der Waals surface area contributed by atoms with Crippen molar-refractivity contribution in [3.05, 3.63) is 18.2 Å². The molecule has 7 nitrogen and oxygen atoms in total. The molecule has 1 aromatic carbocycles.